The first-order valence-corrected chi connectivity index (χ1v) is 4.25. The molecule has 0 amide bonds. The Morgan fingerprint density at radius 1 is 1.50 bits per heavy atom. The van der Waals surface area contributed by atoms with Crippen LogP contribution in [0.15, 0.2) is 0 Å². The van der Waals surface area contributed by atoms with Crippen LogP contribution < -0.4 is 0 Å². The summed E-state index contributed by atoms with van der Waals surface area (Å²) in [5.41, 5.74) is 0. The second-order valence-corrected chi connectivity index (χ2v) is 3.37. The van der Waals surface area contributed by atoms with Crippen LogP contribution in [-0.2, 0) is 14.3 Å². The van der Waals surface area contributed by atoms with Gasteiger partial charge in [0.05, 0.1) is 13.0 Å². The number of esters is 1. The van der Waals surface area contributed by atoms with E-state index in [0.717, 1.165) is 12.8 Å². The molecule has 1 aliphatic carbocycles. The van der Waals surface area contributed by atoms with E-state index in [-0.39, 0.29) is 23.6 Å². The minimum Gasteiger partial charge on any atom is -0.469 e. The molecule has 1 saturated carbocycles. The van der Waals surface area contributed by atoms with E-state index in [1.165, 1.54) is 7.11 Å². The van der Waals surface area contributed by atoms with Crippen molar-refractivity contribution in [2.45, 2.75) is 26.2 Å². The molecule has 68 valence electrons. The molecule has 12 heavy (non-hydrogen) atoms. The zero-order chi connectivity index (χ0) is 9.14. The largest absolute Gasteiger partial charge is 0.469 e. The molecular formula is C9H14O3. The van der Waals surface area contributed by atoms with E-state index >= 15 is 0 Å². The molecule has 0 saturated heterocycles. The molecule has 1 aliphatic rings. The van der Waals surface area contributed by atoms with Crippen molar-refractivity contribution in [1.82, 2.24) is 0 Å². The van der Waals surface area contributed by atoms with E-state index in [4.69, 9.17) is 0 Å². The van der Waals surface area contributed by atoms with Crippen LogP contribution in [0.1, 0.15) is 26.2 Å². The lowest BCUT2D eigenvalue weighted by Crippen LogP contribution is -2.17. The first-order valence-electron chi connectivity index (χ1n) is 4.25. The van der Waals surface area contributed by atoms with E-state index in [2.05, 4.69) is 4.74 Å². The quantitative estimate of drug-likeness (QED) is 0.595. The van der Waals surface area contributed by atoms with Crippen LogP contribution in [0, 0.1) is 11.8 Å². The van der Waals surface area contributed by atoms with Crippen LogP contribution in [0.5, 0.6) is 0 Å². The maximum absolute atomic E-state index is 11.2. The normalized spacial score (nSPS) is 18.5. The van der Waals surface area contributed by atoms with Crippen LogP contribution in [0.4, 0.5) is 0 Å². The second-order valence-electron chi connectivity index (χ2n) is 3.37. The number of ether oxygens (including phenoxy) is 1. The third kappa shape index (κ3) is 2.32. The predicted molar refractivity (Wildman–Crippen MR) is 43.5 cm³/mol. The summed E-state index contributed by atoms with van der Waals surface area (Å²) >= 11 is 0. The van der Waals surface area contributed by atoms with Crippen molar-refractivity contribution in [1.29, 1.82) is 0 Å². The van der Waals surface area contributed by atoms with Crippen molar-refractivity contribution >= 4 is 11.8 Å². The van der Waals surface area contributed by atoms with Gasteiger partial charge in [0.2, 0.25) is 0 Å². The molecule has 1 fully saturated rings. The highest BCUT2D eigenvalue weighted by atomic mass is 16.5. The Kier molecular flexibility index (Phi) is 2.84. The highest BCUT2D eigenvalue weighted by molar-refractivity contribution is 5.87. The standard InChI is InChI=1S/C9H14O3/c1-6(9(11)12-2)5-8(10)7-3-4-7/h6-7H,3-5H2,1-2H3. The average Bonchev–Trinajstić information content (AvgIpc) is 2.84. The van der Waals surface area contributed by atoms with Crippen molar-refractivity contribution in [2.75, 3.05) is 7.11 Å². The molecule has 1 atom stereocenters. The lowest BCUT2D eigenvalue weighted by Gasteiger charge is -2.06. The molecule has 0 aromatic heterocycles. The molecule has 1 unspecified atom stereocenters. The van der Waals surface area contributed by atoms with Gasteiger partial charge in [0.1, 0.15) is 5.78 Å². The van der Waals surface area contributed by atoms with Crippen LogP contribution in [-0.4, -0.2) is 18.9 Å². The fourth-order valence-corrected chi connectivity index (χ4v) is 1.16. The summed E-state index contributed by atoms with van der Waals surface area (Å²) in [5.74, 6) is -0.0999. The first-order chi connectivity index (χ1) is 5.65. The molecule has 3 nitrogen and oxygen atoms in total. The molecule has 0 aromatic rings. The van der Waals surface area contributed by atoms with Gasteiger partial charge in [-0.15, -0.1) is 0 Å². The second kappa shape index (κ2) is 3.70. The van der Waals surface area contributed by atoms with E-state index in [1.807, 2.05) is 0 Å². The van der Waals surface area contributed by atoms with Crippen molar-refractivity contribution in [3.8, 4) is 0 Å². The Morgan fingerprint density at radius 3 is 2.50 bits per heavy atom. The Bertz CT molecular complexity index is 194. The number of rotatable bonds is 4. The van der Waals surface area contributed by atoms with Crippen molar-refractivity contribution in [3.63, 3.8) is 0 Å². The van der Waals surface area contributed by atoms with Gasteiger partial charge in [0.25, 0.3) is 0 Å². The van der Waals surface area contributed by atoms with Gasteiger partial charge in [-0.25, -0.2) is 0 Å². The summed E-state index contributed by atoms with van der Waals surface area (Å²) < 4.78 is 4.52. The van der Waals surface area contributed by atoms with Crippen molar-refractivity contribution in [2.24, 2.45) is 11.8 Å². The third-order valence-electron chi connectivity index (χ3n) is 2.14. The molecule has 0 radical (unpaired) electrons. The molecule has 1 rings (SSSR count). The maximum Gasteiger partial charge on any atom is 0.308 e. The van der Waals surface area contributed by atoms with E-state index in [9.17, 15) is 9.59 Å². The van der Waals surface area contributed by atoms with Gasteiger partial charge in [-0.1, -0.05) is 6.92 Å². The Hall–Kier alpha value is -0.860. The minimum atomic E-state index is -0.288. The van der Waals surface area contributed by atoms with Crippen LogP contribution in [0.3, 0.4) is 0 Å². The van der Waals surface area contributed by atoms with Gasteiger partial charge in [-0.3, -0.25) is 9.59 Å². The highest BCUT2D eigenvalue weighted by Crippen LogP contribution is 2.31. The van der Waals surface area contributed by atoms with Crippen LogP contribution in [0.25, 0.3) is 0 Å². The molecule has 0 spiro atoms. The number of methoxy groups -OCH3 is 1. The van der Waals surface area contributed by atoms with Crippen LogP contribution >= 0.6 is 0 Å². The van der Waals surface area contributed by atoms with Crippen molar-refractivity contribution < 1.29 is 14.3 Å². The Balaban J connectivity index is 2.29. The predicted octanol–water partition coefficient (Wildman–Crippen LogP) is 1.16. The van der Waals surface area contributed by atoms with Gasteiger partial charge in [0, 0.05) is 12.3 Å². The van der Waals surface area contributed by atoms with E-state index in [1.54, 1.807) is 6.92 Å². The number of carbonyl (C=O) groups excluding carboxylic acids is 2. The zero-order valence-corrected chi connectivity index (χ0v) is 7.50. The smallest absolute Gasteiger partial charge is 0.308 e. The average molecular weight is 170 g/mol. The summed E-state index contributed by atoms with van der Waals surface area (Å²) in [6, 6.07) is 0. The number of Topliss-reactive ketones (excluding diaryl/α,β-unsaturated/α-hetero) is 1. The fraction of sp³-hybridized carbons (Fsp3) is 0.778. The summed E-state index contributed by atoms with van der Waals surface area (Å²) in [7, 11) is 1.35. The number of ketones is 1. The minimum absolute atomic E-state index is 0.216. The monoisotopic (exact) mass is 170 g/mol. The molecule has 3 heteroatoms. The van der Waals surface area contributed by atoms with Gasteiger partial charge >= 0.3 is 5.97 Å². The number of hydrogen-bond donors (Lipinski definition) is 0. The number of carbonyl (C=O) groups is 2. The highest BCUT2D eigenvalue weighted by Gasteiger charge is 2.31. The van der Waals surface area contributed by atoms with E-state index < -0.39 is 0 Å². The van der Waals surface area contributed by atoms with Gasteiger partial charge in [-0.05, 0) is 12.8 Å². The van der Waals surface area contributed by atoms with Gasteiger partial charge in [0.15, 0.2) is 0 Å². The van der Waals surface area contributed by atoms with Crippen LogP contribution in [0.2, 0.25) is 0 Å². The third-order valence-corrected chi connectivity index (χ3v) is 2.14. The topological polar surface area (TPSA) is 43.4 Å². The molecule has 0 heterocycles. The Labute approximate surface area is 72.1 Å². The summed E-state index contributed by atoms with van der Waals surface area (Å²) in [6.45, 7) is 1.73. The molecule has 0 N–H and O–H groups in total. The van der Waals surface area contributed by atoms with Crippen molar-refractivity contribution in [3.05, 3.63) is 0 Å². The molecule has 0 bridgehead atoms. The molecular weight excluding hydrogens is 156 g/mol. The SMILES string of the molecule is COC(=O)C(C)CC(=O)C1CC1. The maximum atomic E-state index is 11.2. The number of hydrogen-bond acceptors (Lipinski definition) is 3. The fourth-order valence-electron chi connectivity index (χ4n) is 1.16. The molecule has 0 aromatic carbocycles. The zero-order valence-electron chi connectivity index (χ0n) is 7.50. The van der Waals surface area contributed by atoms with Gasteiger partial charge in [-0.2, -0.15) is 0 Å². The summed E-state index contributed by atoms with van der Waals surface area (Å²) in [5, 5.41) is 0. The lowest BCUT2D eigenvalue weighted by atomic mass is 10.0. The summed E-state index contributed by atoms with van der Waals surface area (Å²) in [4.78, 5) is 22.1. The first kappa shape index (κ1) is 9.23. The van der Waals surface area contributed by atoms with E-state index in [0.29, 0.717) is 6.42 Å². The molecule has 0 aliphatic heterocycles. The summed E-state index contributed by atoms with van der Waals surface area (Å²) in [6.07, 6.45) is 2.36. The Morgan fingerprint density at radius 2 is 2.08 bits per heavy atom. The lowest BCUT2D eigenvalue weighted by molar-refractivity contribution is -0.146. The van der Waals surface area contributed by atoms with Gasteiger partial charge < -0.3 is 4.74 Å².